The van der Waals surface area contributed by atoms with Crippen LogP contribution in [0, 0.1) is 23.7 Å². The van der Waals surface area contributed by atoms with E-state index < -0.39 is 29.7 Å². The van der Waals surface area contributed by atoms with Gasteiger partial charge in [0, 0.05) is 30.8 Å². The first kappa shape index (κ1) is 26.2. The Morgan fingerprint density at radius 1 is 1.06 bits per heavy atom. The lowest BCUT2D eigenvalue weighted by molar-refractivity contribution is -0.143. The number of hydrogen-bond donors (Lipinski definition) is 2. The summed E-state index contributed by atoms with van der Waals surface area (Å²) >= 11 is 0. The maximum absolute atomic E-state index is 13.0. The average molecular weight is 475 g/mol. The smallest absolute Gasteiger partial charge is 0.254 e. The van der Waals surface area contributed by atoms with Gasteiger partial charge in [0.2, 0.25) is 0 Å². The van der Waals surface area contributed by atoms with Gasteiger partial charge in [-0.25, -0.2) is 0 Å². The highest BCUT2D eigenvalue weighted by atomic mass is 16.3. The second-order valence-corrected chi connectivity index (χ2v) is 9.49. The van der Waals surface area contributed by atoms with Crippen LogP contribution in [-0.2, 0) is 16.0 Å². The van der Waals surface area contributed by atoms with Crippen molar-refractivity contribution in [2.75, 3.05) is 20.7 Å². The molecule has 1 fully saturated rings. The van der Waals surface area contributed by atoms with Gasteiger partial charge in [-0.3, -0.25) is 14.4 Å². The lowest BCUT2D eigenvalue weighted by Crippen LogP contribution is -2.62. The molecule has 2 N–H and O–H groups in total. The standard InChI is InChI=1S/C29H34N2O4/c1-20-18-25(20)7-5-6-21-8-10-22(11-9-21)12-13-23-14-16-24(17-15-23)27(34)31(4)29(2,26(33)19-32)28(35)30-3/h8-11,14-17,20,25,32H,5-7,18-19H2,1-4H3,(H,30,35)/t20?,25?,29-/m1/s1. The molecule has 0 spiro atoms. The summed E-state index contributed by atoms with van der Waals surface area (Å²) in [6, 6.07) is 15.0. The summed E-state index contributed by atoms with van der Waals surface area (Å²) in [4.78, 5) is 38.6. The van der Waals surface area contributed by atoms with Gasteiger partial charge in [-0.05, 0) is 86.4 Å². The fourth-order valence-electron chi connectivity index (χ4n) is 4.23. The molecule has 1 aliphatic carbocycles. The zero-order valence-corrected chi connectivity index (χ0v) is 20.9. The molecule has 184 valence electrons. The van der Waals surface area contributed by atoms with Crippen molar-refractivity contribution in [3.63, 3.8) is 0 Å². The number of Topliss-reactive ketones (excluding diaryl/α,β-unsaturated/α-hetero) is 1. The maximum Gasteiger partial charge on any atom is 0.254 e. The molecule has 6 heteroatoms. The number of nitrogens with one attached hydrogen (secondary N) is 1. The van der Waals surface area contributed by atoms with Crippen LogP contribution in [0.3, 0.4) is 0 Å². The van der Waals surface area contributed by atoms with Crippen molar-refractivity contribution in [3.8, 4) is 11.8 Å². The van der Waals surface area contributed by atoms with Gasteiger partial charge in [0.1, 0.15) is 6.61 Å². The van der Waals surface area contributed by atoms with Gasteiger partial charge < -0.3 is 15.3 Å². The van der Waals surface area contributed by atoms with Gasteiger partial charge in [0.15, 0.2) is 11.3 Å². The molecule has 2 aromatic rings. The molecule has 2 aromatic carbocycles. The van der Waals surface area contributed by atoms with Crippen molar-refractivity contribution < 1.29 is 19.5 Å². The third-order valence-electron chi connectivity index (χ3n) is 7.08. The van der Waals surface area contributed by atoms with Crippen LogP contribution in [0.15, 0.2) is 48.5 Å². The Labute approximate surface area is 207 Å². The SMILES string of the molecule is CNC(=O)[C@@](C)(C(=O)CO)N(C)C(=O)c1ccc(C#Cc2ccc(CCCC3CC3C)cc2)cc1. The van der Waals surface area contributed by atoms with E-state index in [-0.39, 0.29) is 0 Å². The van der Waals surface area contributed by atoms with E-state index >= 15 is 0 Å². The van der Waals surface area contributed by atoms with E-state index in [4.69, 9.17) is 0 Å². The number of hydrogen-bond acceptors (Lipinski definition) is 4. The van der Waals surface area contributed by atoms with E-state index in [9.17, 15) is 19.5 Å². The number of likely N-dealkylation sites (N-methyl/N-ethyl adjacent to an activating group) is 2. The van der Waals surface area contributed by atoms with Crippen molar-refractivity contribution in [1.29, 1.82) is 0 Å². The Bertz CT molecular complexity index is 1110. The first-order valence-corrected chi connectivity index (χ1v) is 12.1. The minimum absolute atomic E-state index is 0.309. The van der Waals surface area contributed by atoms with E-state index in [0.717, 1.165) is 34.3 Å². The summed E-state index contributed by atoms with van der Waals surface area (Å²) in [5.41, 5.74) is 1.49. The Hall–Kier alpha value is -3.43. The fourth-order valence-corrected chi connectivity index (χ4v) is 4.23. The number of carbonyl (C=O) groups is 3. The summed E-state index contributed by atoms with van der Waals surface area (Å²) in [5.74, 6) is 6.16. The molecule has 2 unspecified atom stereocenters. The molecule has 2 amide bonds. The summed E-state index contributed by atoms with van der Waals surface area (Å²) in [7, 11) is 2.75. The van der Waals surface area contributed by atoms with Crippen molar-refractivity contribution >= 4 is 17.6 Å². The molecule has 0 saturated heterocycles. The molecule has 0 radical (unpaired) electrons. The predicted molar refractivity (Wildman–Crippen MR) is 136 cm³/mol. The van der Waals surface area contributed by atoms with Crippen molar-refractivity contribution in [2.45, 2.75) is 45.1 Å². The highest BCUT2D eigenvalue weighted by Crippen LogP contribution is 2.41. The van der Waals surface area contributed by atoms with E-state index in [1.54, 1.807) is 24.3 Å². The highest BCUT2D eigenvalue weighted by molar-refractivity contribution is 6.14. The lowest BCUT2D eigenvalue weighted by atomic mass is 9.92. The molecule has 1 aliphatic rings. The van der Waals surface area contributed by atoms with Crippen LogP contribution in [0.2, 0.25) is 0 Å². The van der Waals surface area contributed by atoms with Gasteiger partial charge in [-0.15, -0.1) is 0 Å². The molecule has 35 heavy (non-hydrogen) atoms. The topological polar surface area (TPSA) is 86.7 Å². The molecule has 0 heterocycles. The zero-order valence-electron chi connectivity index (χ0n) is 20.9. The number of ketones is 1. The summed E-state index contributed by atoms with van der Waals surface area (Å²) in [6.45, 7) is 2.80. The molecule has 0 aromatic heterocycles. The largest absolute Gasteiger partial charge is 0.388 e. The summed E-state index contributed by atoms with van der Waals surface area (Å²) in [5, 5.41) is 11.7. The van der Waals surface area contributed by atoms with Gasteiger partial charge in [0.25, 0.3) is 11.8 Å². The van der Waals surface area contributed by atoms with Crippen LogP contribution in [0.25, 0.3) is 0 Å². The zero-order chi connectivity index (χ0) is 25.6. The van der Waals surface area contributed by atoms with Crippen LogP contribution in [0.1, 0.15) is 60.2 Å². The third kappa shape index (κ3) is 6.17. The Morgan fingerprint density at radius 3 is 2.09 bits per heavy atom. The van der Waals surface area contributed by atoms with E-state index in [2.05, 4.69) is 36.2 Å². The molecular weight excluding hydrogens is 440 g/mol. The van der Waals surface area contributed by atoms with Gasteiger partial charge in [0.05, 0.1) is 0 Å². The molecule has 3 atom stereocenters. The molecule has 3 rings (SSSR count). The van der Waals surface area contributed by atoms with Crippen molar-refractivity contribution in [2.24, 2.45) is 11.8 Å². The second kappa shape index (κ2) is 11.3. The molecular formula is C29H34N2O4. The fraction of sp³-hybridized carbons (Fsp3) is 0.414. The van der Waals surface area contributed by atoms with E-state index in [1.165, 1.54) is 45.8 Å². The molecule has 0 aliphatic heterocycles. The number of aliphatic hydroxyl groups is 1. The van der Waals surface area contributed by atoms with Gasteiger partial charge in [-0.1, -0.05) is 30.9 Å². The van der Waals surface area contributed by atoms with Crippen LogP contribution in [-0.4, -0.2) is 53.8 Å². The summed E-state index contributed by atoms with van der Waals surface area (Å²) < 4.78 is 0. The van der Waals surface area contributed by atoms with E-state index in [0.29, 0.717) is 5.56 Å². The molecule has 1 saturated carbocycles. The van der Waals surface area contributed by atoms with Crippen molar-refractivity contribution in [3.05, 3.63) is 70.8 Å². The number of benzene rings is 2. The van der Waals surface area contributed by atoms with Crippen LogP contribution >= 0.6 is 0 Å². The maximum atomic E-state index is 13.0. The van der Waals surface area contributed by atoms with Crippen LogP contribution < -0.4 is 5.32 Å². The van der Waals surface area contributed by atoms with Crippen molar-refractivity contribution in [1.82, 2.24) is 10.2 Å². The number of rotatable bonds is 9. The Balaban J connectivity index is 1.63. The Kier molecular flexibility index (Phi) is 8.48. The average Bonchev–Trinajstić information content (AvgIpc) is 3.60. The first-order chi connectivity index (χ1) is 16.7. The molecule has 6 nitrogen and oxygen atoms in total. The van der Waals surface area contributed by atoms with E-state index in [1.807, 2.05) is 12.1 Å². The predicted octanol–water partition coefficient (Wildman–Crippen LogP) is 3.20. The second-order valence-electron chi connectivity index (χ2n) is 9.49. The third-order valence-corrected chi connectivity index (χ3v) is 7.08. The first-order valence-electron chi connectivity index (χ1n) is 12.1. The highest BCUT2D eigenvalue weighted by Gasteiger charge is 2.46. The number of amides is 2. The van der Waals surface area contributed by atoms with Crippen LogP contribution in [0.5, 0.6) is 0 Å². The van der Waals surface area contributed by atoms with Gasteiger partial charge in [-0.2, -0.15) is 0 Å². The van der Waals surface area contributed by atoms with Crippen LogP contribution in [0.4, 0.5) is 0 Å². The normalized spacial score (nSPS) is 18.0. The molecule has 0 bridgehead atoms. The number of carbonyl (C=O) groups excluding carboxylic acids is 3. The van der Waals surface area contributed by atoms with Gasteiger partial charge >= 0.3 is 0 Å². The summed E-state index contributed by atoms with van der Waals surface area (Å²) in [6.07, 6.45) is 5.04. The Morgan fingerprint density at radius 2 is 1.60 bits per heavy atom. The lowest BCUT2D eigenvalue weighted by Gasteiger charge is -2.35. The quantitative estimate of drug-likeness (QED) is 0.432. The minimum Gasteiger partial charge on any atom is -0.388 e. The monoisotopic (exact) mass is 474 g/mol. The number of nitrogens with zero attached hydrogens (tertiary/aromatic N) is 1. The number of aryl methyl sites for hydroxylation is 1. The number of aliphatic hydroxyl groups excluding tert-OH is 1. The minimum atomic E-state index is -1.82.